The SMILES string of the molecule is COc1ccc(C(Oc2cccc(Br)c2)C(=O)O)cc1. The summed E-state index contributed by atoms with van der Waals surface area (Å²) in [6.07, 6.45) is -1.06. The second kappa shape index (κ2) is 6.43. The molecule has 2 aromatic carbocycles. The van der Waals surface area contributed by atoms with Crippen molar-refractivity contribution in [3.8, 4) is 11.5 Å². The van der Waals surface area contributed by atoms with Crippen LogP contribution in [0.5, 0.6) is 11.5 Å². The smallest absolute Gasteiger partial charge is 0.349 e. The summed E-state index contributed by atoms with van der Waals surface area (Å²) in [6, 6.07) is 13.8. The average Bonchev–Trinajstić information content (AvgIpc) is 2.45. The van der Waals surface area contributed by atoms with E-state index >= 15 is 0 Å². The van der Waals surface area contributed by atoms with E-state index in [9.17, 15) is 9.90 Å². The minimum Gasteiger partial charge on any atom is -0.497 e. The van der Waals surface area contributed by atoms with E-state index in [-0.39, 0.29) is 0 Å². The molecule has 0 spiro atoms. The van der Waals surface area contributed by atoms with E-state index in [2.05, 4.69) is 15.9 Å². The molecule has 20 heavy (non-hydrogen) atoms. The molecule has 0 radical (unpaired) electrons. The molecule has 0 aliphatic heterocycles. The van der Waals surface area contributed by atoms with Crippen LogP contribution in [0.15, 0.2) is 53.0 Å². The normalized spacial score (nSPS) is 11.7. The third kappa shape index (κ3) is 3.51. The topological polar surface area (TPSA) is 55.8 Å². The molecule has 1 unspecified atom stereocenters. The number of ether oxygens (including phenoxy) is 2. The molecule has 0 saturated carbocycles. The highest BCUT2D eigenvalue weighted by Crippen LogP contribution is 2.26. The maximum absolute atomic E-state index is 11.4. The van der Waals surface area contributed by atoms with E-state index < -0.39 is 12.1 Å². The lowest BCUT2D eigenvalue weighted by molar-refractivity contribution is -0.145. The van der Waals surface area contributed by atoms with Gasteiger partial charge < -0.3 is 14.6 Å². The number of aliphatic carboxylic acids is 1. The highest BCUT2D eigenvalue weighted by molar-refractivity contribution is 9.10. The molecule has 4 nitrogen and oxygen atoms in total. The van der Waals surface area contributed by atoms with Crippen LogP contribution in [-0.4, -0.2) is 18.2 Å². The maximum Gasteiger partial charge on any atom is 0.349 e. The van der Waals surface area contributed by atoms with E-state index in [0.717, 1.165) is 4.47 Å². The van der Waals surface area contributed by atoms with Gasteiger partial charge in [0.25, 0.3) is 0 Å². The second-order valence-electron chi connectivity index (χ2n) is 4.07. The van der Waals surface area contributed by atoms with Crippen molar-refractivity contribution >= 4 is 21.9 Å². The van der Waals surface area contributed by atoms with Gasteiger partial charge in [-0.3, -0.25) is 0 Å². The molecule has 1 N–H and O–H groups in total. The number of halogens is 1. The first-order valence-electron chi connectivity index (χ1n) is 5.89. The van der Waals surface area contributed by atoms with Crippen molar-refractivity contribution in [1.82, 2.24) is 0 Å². The Morgan fingerprint density at radius 2 is 1.85 bits per heavy atom. The third-order valence-electron chi connectivity index (χ3n) is 2.69. The molecule has 0 heterocycles. The molecule has 0 aliphatic rings. The molecule has 0 saturated heterocycles. The van der Waals surface area contributed by atoms with Crippen LogP contribution in [0.3, 0.4) is 0 Å². The summed E-state index contributed by atoms with van der Waals surface area (Å²) < 4.78 is 11.4. The van der Waals surface area contributed by atoms with Crippen molar-refractivity contribution in [3.05, 3.63) is 58.6 Å². The van der Waals surface area contributed by atoms with Gasteiger partial charge in [0.05, 0.1) is 7.11 Å². The molecule has 1 atom stereocenters. The summed E-state index contributed by atoms with van der Waals surface area (Å²) in [4.78, 5) is 11.4. The fourth-order valence-electron chi connectivity index (χ4n) is 1.72. The molecule has 2 aromatic rings. The van der Waals surface area contributed by atoms with Crippen molar-refractivity contribution < 1.29 is 19.4 Å². The molecule has 0 aromatic heterocycles. The zero-order valence-electron chi connectivity index (χ0n) is 10.7. The van der Waals surface area contributed by atoms with Gasteiger partial charge in [0.15, 0.2) is 0 Å². The summed E-state index contributed by atoms with van der Waals surface area (Å²) in [5, 5.41) is 9.32. The fourth-order valence-corrected chi connectivity index (χ4v) is 2.09. The number of carbonyl (C=O) groups is 1. The highest BCUT2D eigenvalue weighted by atomic mass is 79.9. The zero-order valence-corrected chi connectivity index (χ0v) is 12.3. The van der Waals surface area contributed by atoms with Crippen LogP contribution >= 0.6 is 15.9 Å². The average molecular weight is 337 g/mol. The first kappa shape index (κ1) is 14.4. The number of methoxy groups -OCH3 is 1. The van der Waals surface area contributed by atoms with Gasteiger partial charge >= 0.3 is 5.97 Å². The Bertz CT molecular complexity index is 595. The molecular weight excluding hydrogens is 324 g/mol. The van der Waals surface area contributed by atoms with Crippen LogP contribution in [0.1, 0.15) is 11.7 Å². The van der Waals surface area contributed by atoms with Crippen LogP contribution in [-0.2, 0) is 4.79 Å². The predicted octanol–water partition coefficient (Wildman–Crippen LogP) is 3.66. The number of carboxylic acid groups (broad SMARTS) is 1. The largest absolute Gasteiger partial charge is 0.497 e. The number of hydrogen-bond donors (Lipinski definition) is 1. The Kier molecular flexibility index (Phi) is 4.63. The summed E-state index contributed by atoms with van der Waals surface area (Å²) in [7, 11) is 1.56. The van der Waals surface area contributed by atoms with Crippen LogP contribution in [0.2, 0.25) is 0 Å². The lowest BCUT2D eigenvalue weighted by atomic mass is 10.1. The summed E-state index contributed by atoms with van der Waals surface area (Å²) >= 11 is 3.32. The predicted molar refractivity (Wildman–Crippen MR) is 78.1 cm³/mol. The molecule has 0 bridgehead atoms. The Morgan fingerprint density at radius 3 is 2.40 bits per heavy atom. The van der Waals surface area contributed by atoms with Crippen molar-refractivity contribution in [2.75, 3.05) is 7.11 Å². The standard InChI is InChI=1S/C15H13BrO4/c1-19-12-7-5-10(6-8-12)14(15(17)18)20-13-4-2-3-11(16)9-13/h2-9,14H,1H3,(H,17,18). The van der Waals surface area contributed by atoms with Gasteiger partial charge in [0.2, 0.25) is 6.10 Å². The second-order valence-corrected chi connectivity index (χ2v) is 4.98. The summed E-state index contributed by atoms with van der Waals surface area (Å²) in [5.41, 5.74) is 0.554. The lowest BCUT2D eigenvalue weighted by Crippen LogP contribution is -2.18. The molecule has 104 valence electrons. The zero-order chi connectivity index (χ0) is 14.5. The Morgan fingerprint density at radius 1 is 1.15 bits per heavy atom. The van der Waals surface area contributed by atoms with E-state index in [0.29, 0.717) is 17.1 Å². The van der Waals surface area contributed by atoms with E-state index in [1.165, 1.54) is 0 Å². The Balaban J connectivity index is 2.24. The lowest BCUT2D eigenvalue weighted by Gasteiger charge is -2.16. The molecule has 2 rings (SSSR count). The molecule has 0 aliphatic carbocycles. The van der Waals surface area contributed by atoms with Gasteiger partial charge in [0, 0.05) is 10.0 Å². The summed E-state index contributed by atoms with van der Waals surface area (Å²) in [5.74, 6) is 0.109. The van der Waals surface area contributed by atoms with Gasteiger partial charge in [-0.15, -0.1) is 0 Å². The van der Waals surface area contributed by atoms with E-state index in [4.69, 9.17) is 9.47 Å². The van der Waals surface area contributed by atoms with Gasteiger partial charge in [0.1, 0.15) is 11.5 Å². The molecule has 0 fully saturated rings. The van der Waals surface area contributed by atoms with Gasteiger partial charge in [-0.1, -0.05) is 34.1 Å². The van der Waals surface area contributed by atoms with Crippen LogP contribution in [0, 0.1) is 0 Å². The van der Waals surface area contributed by atoms with Crippen molar-refractivity contribution in [2.24, 2.45) is 0 Å². The minimum atomic E-state index is -1.06. The highest BCUT2D eigenvalue weighted by Gasteiger charge is 2.22. The molecule has 0 amide bonds. The van der Waals surface area contributed by atoms with E-state index in [1.54, 1.807) is 49.6 Å². The number of rotatable bonds is 5. The van der Waals surface area contributed by atoms with Crippen LogP contribution in [0.25, 0.3) is 0 Å². The van der Waals surface area contributed by atoms with Gasteiger partial charge in [-0.25, -0.2) is 4.79 Å². The van der Waals surface area contributed by atoms with Crippen molar-refractivity contribution in [1.29, 1.82) is 0 Å². The first-order chi connectivity index (χ1) is 9.60. The Hall–Kier alpha value is -2.01. The molecule has 5 heteroatoms. The first-order valence-corrected chi connectivity index (χ1v) is 6.68. The number of hydrogen-bond acceptors (Lipinski definition) is 3. The Labute approximate surface area is 125 Å². The van der Waals surface area contributed by atoms with Crippen LogP contribution < -0.4 is 9.47 Å². The van der Waals surface area contributed by atoms with Crippen LogP contribution in [0.4, 0.5) is 0 Å². The third-order valence-corrected chi connectivity index (χ3v) is 3.19. The minimum absolute atomic E-state index is 0.489. The maximum atomic E-state index is 11.4. The fraction of sp³-hybridized carbons (Fsp3) is 0.133. The number of benzene rings is 2. The van der Waals surface area contributed by atoms with E-state index in [1.807, 2.05) is 6.07 Å². The van der Waals surface area contributed by atoms with Crippen molar-refractivity contribution in [2.45, 2.75) is 6.10 Å². The van der Waals surface area contributed by atoms with Gasteiger partial charge in [-0.2, -0.15) is 0 Å². The number of carboxylic acids is 1. The van der Waals surface area contributed by atoms with Crippen molar-refractivity contribution in [3.63, 3.8) is 0 Å². The van der Waals surface area contributed by atoms with Gasteiger partial charge in [-0.05, 0) is 30.3 Å². The monoisotopic (exact) mass is 336 g/mol. The molecular formula is C15H13BrO4. The quantitative estimate of drug-likeness (QED) is 0.905. The summed E-state index contributed by atoms with van der Waals surface area (Å²) in [6.45, 7) is 0.